The number of anilines is 1. The van der Waals surface area contributed by atoms with E-state index in [0.717, 1.165) is 22.0 Å². The number of nitrogens with zero attached hydrogens (tertiary/aromatic N) is 2. The zero-order chi connectivity index (χ0) is 21.6. The SMILES string of the molecule is COc1ccc(S(=O)(=O)N(C)C)cc1NC(=O)CN1C(=O)NC(C)(C2CC2)C1=O. The van der Waals surface area contributed by atoms with Crippen LogP contribution in [0.2, 0.25) is 0 Å². The summed E-state index contributed by atoms with van der Waals surface area (Å²) in [5, 5.41) is 5.21. The van der Waals surface area contributed by atoms with Crippen LogP contribution in [-0.2, 0) is 19.6 Å². The van der Waals surface area contributed by atoms with Gasteiger partial charge in [0.25, 0.3) is 5.91 Å². The van der Waals surface area contributed by atoms with Gasteiger partial charge in [0.05, 0.1) is 17.7 Å². The standard InChI is InChI=1S/C18H24N4O6S/c1-18(11-5-6-11)16(24)22(17(25)20-18)10-15(23)19-13-9-12(7-8-14(13)28-4)29(26,27)21(2)3/h7-9,11H,5-6,10H2,1-4H3,(H,19,23)(H,20,25). The molecule has 29 heavy (non-hydrogen) atoms. The maximum Gasteiger partial charge on any atom is 0.325 e. The lowest BCUT2D eigenvalue weighted by Gasteiger charge is -2.21. The molecule has 10 nitrogen and oxygen atoms in total. The van der Waals surface area contributed by atoms with Gasteiger partial charge >= 0.3 is 6.03 Å². The fourth-order valence-corrected chi connectivity index (χ4v) is 4.21. The minimum atomic E-state index is -3.72. The van der Waals surface area contributed by atoms with Crippen molar-refractivity contribution in [1.82, 2.24) is 14.5 Å². The van der Waals surface area contributed by atoms with E-state index in [-0.39, 0.29) is 22.3 Å². The number of rotatable bonds is 7. The third kappa shape index (κ3) is 3.79. The summed E-state index contributed by atoms with van der Waals surface area (Å²) in [6.45, 7) is 1.18. The second kappa shape index (κ2) is 7.30. The monoisotopic (exact) mass is 424 g/mol. The molecule has 11 heteroatoms. The number of hydrogen-bond donors (Lipinski definition) is 2. The lowest BCUT2D eigenvalue weighted by molar-refractivity contribution is -0.134. The minimum absolute atomic E-state index is 0.0325. The normalized spacial score (nSPS) is 22.0. The average molecular weight is 424 g/mol. The van der Waals surface area contributed by atoms with Crippen LogP contribution < -0.4 is 15.4 Å². The van der Waals surface area contributed by atoms with E-state index < -0.39 is 40.0 Å². The number of benzene rings is 1. The Morgan fingerprint density at radius 3 is 2.55 bits per heavy atom. The number of methoxy groups -OCH3 is 1. The van der Waals surface area contributed by atoms with Crippen LogP contribution in [-0.4, -0.2) is 68.8 Å². The number of amides is 4. The van der Waals surface area contributed by atoms with Crippen molar-refractivity contribution in [3.05, 3.63) is 18.2 Å². The Balaban J connectivity index is 1.78. The predicted molar refractivity (Wildman–Crippen MR) is 104 cm³/mol. The molecule has 0 aromatic heterocycles. The summed E-state index contributed by atoms with van der Waals surface area (Å²) >= 11 is 0. The molecular formula is C18H24N4O6S. The molecule has 1 aromatic rings. The summed E-state index contributed by atoms with van der Waals surface area (Å²) in [5.41, 5.74) is -0.855. The summed E-state index contributed by atoms with van der Waals surface area (Å²) in [6, 6.07) is 3.44. The van der Waals surface area contributed by atoms with Crippen LogP contribution in [0.4, 0.5) is 10.5 Å². The number of carbonyl (C=O) groups excluding carboxylic acids is 3. The molecule has 1 aliphatic carbocycles. The lowest BCUT2D eigenvalue weighted by atomic mass is 9.96. The maximum absolute atomic E-state index is 12.6. The maximum atomic E-state index is 12.6. The molecule has 2 N–H and O–H groups in total. The van der Waals surface area contributed by atoms with Crippen LogP contribution in [0, 0.1) is 5.92 Å². The smallest absolute Gasteiger partial charge is 0.325 e. The second-order valence-corrected chi connectivity index (χ2v) is 9.65. The van der Waals surface area contributed by atoms with E-state index in [1.807, 2.05) is 0 Å². The van der Waals surface area contributed by atoms with Crippen molar-refractivity contribution in [2.75, 3.05) is 33.1 Å². The predicted octanol–water partition coefficient (Wildman–Crippen LogP) is 0.605. The van der Waals surface area contributed by atoms with Crippen molar-refractivity contribution in [2.24, 2.45) is 5.92 Å². The molecule has 1 heterocycles. The quantitative estimate of drug-likeness (QED) is 0.618. The van der Waals surface area contributed by atoms with Crippen molar-refractivity contribution in [2.45, 2.75) is 30.2 Å². The van der Waals surface area contributed by atoms with Crippen molar-refractivity contribution in [1.29, 1.82) is 0 Å². The van der Waals surface area contributed by atoms with Crippen LogP contribution in [0.5, 0.6) is 5.75 Å². The van der Waals surface area contributed by atoms with E-state index in [9.17, 15) is 22.8 Å². The van der Waals surface area contributed by atoms with Crippen molar-refractivity contribution >= 4 is 33.6 Å². The van der Waals surface area contributed by atoms with Gasteiger partial charge in [0.1, 0.15) is 17.8 Å². The van der Waals surface area contributed by atoms with Gasteiger partial charge in [-0.1, -0.05) is 0 Å². The van der Waals surface area contributed by atoms with Crippen LogP contribution in [0.3, 0.4) is 0 Å². The molecule has 1 saturated carbocycles. The van der Waals surface area contributed by atoms with E-state index in [2.05, 4.69) is 10.6 Å². The number of nitrogens with one attached hydrogen (secondary N) is 2. The Morgan fingerprint density at radius 1 is 1.34 bits per heavy atom. The molecule has 158 valence electrons. The Hall–Kier alpha value is -2.66. The van der Waals surface area contributed by atoms with Gasteiger partial charge in [-0.05, 0) is 43.9 Å². The Labute approximate surface area is 169 Å². The highest BCUT2D eigenvalue weighted by molar-refractivity contribution is 7.89. The highest BCUT2D eigenvalue weighted by atomic mass is 32.2. The Bertz CT molecular complexity index is 973. The molecule has 1 saturated heterocycles. The Morgan fingerprint density at radius 2 is 2.00 bits per heavy atom. The molecule has 1 aromatic carbocycles. The molecule has 0 radical (unpaired) electrons. The van der Waals surface area contributed by atoms with Gasteiger partial charge in [-0.25, -0.2) is 17.5 Å². The Kier molecular flexibility index (Phi) is 5.30. The number of sulfonamides is 1. The first-order valence-electron chi connectivity index (χ1n) is 9.05. The van der Waals surface area contributed by atoms with Crippen LogP contribution >= 0.6 is 0 Å². The molecule has 4 amide bonds. The molecule has 2 fully saturated rings. The number of urea groups is 1. The van der Waals surface area contributed by atoms with Crippen molar-refractivity contribution in [3.63, 3.8) is 0 Å². The zero-order valence-corrected chi connectivity index (χ0v) is 17.5. The summed E-state index contributed by atoms with van der Waals surface area (Å²) in [5.74, 6) is -0.751. The van der Waals surface area contributed by atoms with E-state index in [4.69, 9.17) is 4.74 Å². The largest absolute Gasteiger partial charge is 0.495 e. The van der Waals surface area contributed by atoms with Gasteiger partial charge in [-0.15, -0.1) is 0 Å². The van der Waals surface area contributed by atoms with Gasteiger partial charge in [0.15, 0.2) is 0 Å². The molecular weight excluding hydrogens is 400 g/mol. The number of ether oxygens (including phenoxy) is 1. The molecule has 0 spiro atoms. The fourth-order valence-electron chi connectivity index (χ4n) is 3.29. The molecule has 0 bridgehead atoms. The van der Waals surface area contributed by atoms with Gasteiger partial charge in [0.2, 0.25) is 15.9 Å². The van der Waals surface area contributed by atoms with Gasteiger partial charge in [-0.2, -0.15) is 0 Å². The van der Waals surface area contributed by atoms with E-state index in [1.54, 1.807) is 6.92 Å². The average Bonchev–Trinajstić information content (AvgIpc) is 3.47. The minimum Gasteiger partial charge on any atom is -0.495 e. The lowest BCUT2D eigenvalue weighted by Crippen LogP contribution is -2.46. The van der Waals surface area contributed by atoms with Crippen LogP contribution in [0.15, 0.2) is 23.1 Å². The van der Waals surface area contributed by atoms with Gasteiger partial charge in [0, 0.05) is 14.1 Å². The second-order valence-electron chi connectivity index (χ2n) is 7.50. The summed E-state index contributed by atoms with van der Waals surface area (Å²) in [6.07, 6.45) is 1.71. The van der Waals surface area contributed by atoms with Gasteiger partial charge < -0.3 is 15.4 Å². The van der Waals surface area contributed by atoms with E-state index in [1.165, 1.54) is 39.4 Å². The van der Waals surface area contributed by atoms with Crippen LogP contribution in [0.1, 0.15) is 19.8 Å². The van der Waals surface area contributed by atoms with Crippen molar-refractivity contribution < 1.29 is 27.5 Å². The summed E-state index contributed by atoms with van der Waals surface area (Å²) in [4.78, 5) is 38.2. The molecule has 1 atom stereocenters. The highest BCUT2D eigenvalue weighted by Gasteiger charge is 2.56. The molecule has 1 aliphatic heterocycles. The molecule has 1 unspecified atom stereocenters. The first-order valence-corrected chi connectivity index (χ1v) is 10.5. The topological polar surface area (TPSA) is 125 Å². The highest BCUT2D eigenvalue weighted by Crippen LogP contribution is 2.42. The zero-order valence-electron chi connectivity index (χ0n) is 16.7. The molecule has 3 rings (SSSR count). The van der Waals surface area contributed by atoms with E-state index in [0.29, 0.717) is 0 Å². The van der Waals surface area contributed by atoms with Crippen molar-refractivity contribution in [3.8, 4) is 5.75 Å². The summed E-state index contributed by atoms with van der Waals surface area (Å²) < 4.78 is 30.9. The third-order valence-electron chi connectivity index (χ3n) is 5.22. The van der Waals surface area contributed by atoms with E-state index >= 15 is 0 Å². The first-order chi connectivity index (χ1) is 13.5. The van der Waals surface area contributed by atoms with Crippen LogP contribution in [0.25, 0.3) is 0 Å². The number of hydrogen-bond acceptors (Lipinski definition) is 6. The van der Waals surface area contributed by atoms with Gasteiger partial charge in [-0.3, -0.25) is 14.5 Å². The third-order valence-corrected chi connectivity index (χ3v) is 7.03. The first kappa shape index (κ1) is 21.1. The fraction of sp³-hybridized carbons (Fsp3) is 0.500. The number of carbonyl (C=O) groups is 3. The molecule has 2 aliphatic rings. The summed E-state index contributed by atoms with van der Waals surface area (Å²) in [7, 11) is 0.449. The number of imide groups is 1.